The van der Waals surface area contributed by atoms with Crippen molar-refractivity contribution < 1.29 is 9.21 Å². The van der Waals surface area contributed by atoms with Gasteiger partial charge in [-0.2, -0.15) is 0 Å². The Balaban J connectivity index is 1.39. The van der Waals surface area contributed by atoms with Gasteiger partial charge in [-0.25, -0.2) is 4.79 Å². The van der Waals surface area contributed by atoms with Crippen LogP contribution >= 0.6 is 12.2 Å². The highest BCUT2D eigenvalue weighted by molar-refractivity contribution is 7.80. The molecule has 37 heavy (non-hydrogen) atoms. The van der Waals surface area contributed by atoms with E-state index in [0.29, 0.717) is 22.4 Å². The molecule has 1 aromatic heterocycles. The van der Waals surface area contributed by atoms with E-state index in [9.17, 15) is 9.59 Å². The maximum atomic E-state index is 13.4. The molecule has 0 spiro atoms. The molecule has 0 aliphatic heterocycles. The second-order valence-electron chi connectivity index (χ2n) is 8.71. The van der Waals surface area contributed by atoms with Gasteiger partial charge in [0.05, 0.1) is 11.5 Å². The second kappa shape index (κ2) is 10.6. The summed E-state index contributed by atoms with van der Waals surface area (Å²) in [7, 11) is 0. The third-order valence-electron chi connectivity index (χ3n) is 6.20. The van der Waals surface area contributed by atoms with Crippen molar-refractivity contribution in [3.63, 3.8) is 0 Å². The summed E-state index contributed by atoms with van der Waals surface area (Å²) in [6.45, 7) is 1.93. The fourth-order valence-electron chi connectivity index (χ4n) is 4.31. The van der Waals surface area contributed by atoms with E-state index in [2.05, 4.69) is 10.6 Å². The summed E-state index contributed by atoms with van der Waals surface area (Å²) in [6.07, 6.45) is 0. The van der Waals surface area contributed by atoms with Crippen molar-refractivity contribution >= 4 is 39.9 Å². The van der Waals surface area contributed by atoms with E-state index in [-0.39, 0.29) is 11.0 Å². The second-order valence-corrected chi connectivity index (χ2v) is 9.12. The van der Waals surface area contributed by atoms with E-state index in [1.807, 2.05) is 110 Å². The van der Waals surface area contributed by atoms with Gasteiger partial charge in [-0.1, -0.05) is 91.0 Å². The van der Waals surface area contributed by atoms with E-state index in [1.165, 1.54) is 0 Å². The lowest BCUT2D eigenvalue weighted by molar-refractivity contribution is -0.120. The third kappa shape index (κ3) is 5.34. The molecule has 0 radical (unpaired) electrons. The lowest BCUT2D eigenvalue weighted by Crippen LogP contribution is -2.38. The molecule has 0 fully saturated rings. The summed E-state index contributed by atoms with van der Waals surface area (Å²) in [5.41, 5.74) is 4.60. The third-order valence-corrected chi connectivity index (χ3v) is 6.41. The van der Waals surface area contributed by atoms with Gasteiger partial charge in [0.25, 0.3) is 0 Å². The molecular formula is C31H24N2O3S. The number of aryl methyl sites for hydroxylation is 1. The number of hydrogen-bond donors (Lipinski definition) is 2. The minimum Gasteiger partial charge on any atom is -0.422 e. The standard InChI is InChI=1S/C31H24N2O3S/c1-20-16-17-23(25-18-24-14-8-9-15-27(24)36-30(25)35)19-26(20)32-31(37)33-29(34)28(21-10-4-2-5-11-21)22-12-6-3-7-13-22/h2-19,28H,1H3,(H2,32,33,34,37). The van der Waals surface area contributed by atoms with E-state index < -0.39 is 11.5 Å². The van der Waals surface area contributed by atoms with Crippen LogP contribution in [0.3, 0.4) is 0 Å². The highest BCUT2D eigenvalue weighted by atomic mass is 32.1. The molecule has 182 valence electrons. The molecule has 5 rings (SSSR count). The number of thiocarbonyl (C=S) groups is 1. The Labute approximate surface area is 219 Å². The van der Waals surface area contributed by atoms with E-state index in [1.54, 1.807) is 6.07 Å². The van der Waals surface area contributed by atoms with E-state index in [4.69, 9.17) is 16.6 Å². The van der Waals surface area contributed by atoms with Crippen LogP contribution in [-0.2, 0) is 4.79 Å². The summed E-state index contributed by atoms with van der Waals surface area (Å²) in [5.74, 6) is -0.754. The number of hydrogen-bond acceptors (Lipinski definition) is 4. The number of amides is 1. The number of anilines is 1. The van der Waals surface area contributed by atoms with Gasteiger partial charge in [0.15, 0.2) is 5.11 Å². The average molecular weight is 505 g/mol. The fraction of sp³-hybridized carbons (Fsp3) is 0.0645. The number of para-hydroxylation sites is 1. The molecule has 0 bridgehead atoms. The van der Waals surface area contributed by atoms with Gasteiger partial charge >= 0.3 is 5.63 Å². The van der Waals surface area contributed by atoms with Crippen LogP contribution in [0.25, 0.3) is 22.1 Å². The van der Waals surface area contributed by atoms with Crippen molar-refractivity contribution in [2.24, 2.45) is 0 Å². The molecule has 1 heterocycles. The van der Waals surface area contributed by atoms with Crippen LogP contribution in [0, 0.1) is 6.92 Å². The van der Waals surface area contributed by atoms with Gasteiger partial charge in [-0.15, -0.1) is 0 Å². The van der Waals surface area contributed by atoms with Gasteiger partial charge in [0.2, 0.25) is 5.91 Å². The molecule has 2 N–H and O–H groups in total. The van der Waals surface area contributed by atoms with Crippen molar-refractivity contribution in [3.8, 4) is 11.1 Å². The van der Waals surface area contributed by atoms with Gasteiger partial charge in [0, 0.05) is 11.1 Å². The first-order valence-corrected chi connectivity index (χ1v) is 12.3. The molecule has 0 aliphatic carbocycles. The van der Waals surface area contributed by atoms with Crippen LogP contribution in [0.1, 0.15) is 22.6 Å². The molecule has 0 aliphatic rings. The highest BCUT2D eigenvalue weighted by Gasteiger charge is 2.23. The molecule has 0 unspecified atom stereocenters. The maximum absolute atomic E-state index is 13.4. The first-order valence-electron chi connectivity index (χ1n) is 11.9. The topological polar surface area (TPSA) is 71.3 Å². The summed E-state index contributed by atoms with van der Waals surface area (Å²) in [4.78, 5) is 26.1. The molecular weight excluding hydrogens is 480 g/mol. The number of benzene rings is 4. The van der Waals surface area contributed by atoms with Crippen molar-refractivity contribution in [2.75, 3.05) is 5.32 Å². The Hall–Kier alpha value is -4.55. The van der Waals surface area contributed by atoms with Crippen LogP contribution in [0.15, 0.2) is 118 Å². The Morgan fingerprint density at radius 3 is 2.11 bits per heavy atom. The first kappa shape index (κ1) is 24.2. The normalized spacial score (nSPS) is 10.9. The van der Waals surface area contributed by atoms with Crippen molar-refractivity contribution in [1.29, 1.82) is 0 Å². The number of carbonyl (C=O) groups is 1. The molecule has 1 amide bonds. The molecule has 5 nitrogen and oxygen atoms in total. The van der Waals surface area contributed by atoms with Crippen molar-refractivity contribution in [1.82, 2.24) is 5.32 Å². The summed E-state index contributed by atoms with van der Waals surface area (Å²) < 4.78 is 5.50. The zero-order valence-corrected chi connectivity index (χ0v) is 20.9. The number of rotatable bonds is 5. The number of nitrogens with one attached hydrogen (secondary N) is 2. The zero-order valence-electron chi connectivity index (χ0n) is 20.1. The Morgan fingerprint density at radius 2 is 1.43 bits per heavy atom. The molecule has 4 aromatic carbocycles. The highest BCUT2D eigenvalue weighted by Crippen LogP contribution is 2.27. The maximum Gasteiger partial charge on any atom is 0.344 e. The van der Waals surface area contributed by atoms with Crippen molar-refractivity contribution in [3.05, 3.63) is 136 Å². The Bertz CT molecular complexity index is 1610. The SMILES string of the molecule is Cc1ccc(-c2cc3ccccc3oc2=O)cc1NC(=S)NC(=O)C(c1ccccc1)c1ccccc1. The Morgan fingerprint density at radius 1 is 0.811 bits per heavy atom. The van der Waals surface area contributed by atoms with Gasteiger partial charge in [0.1, 0.15) is 5.58 Å². The monoisotopic (exact) mass is 504 g/mol. The van der Waals surface area contributed by atoms with Crippen LogP contribution in [-0.4, -0.2) is 11.0 Å². The van der Waals surface area contributed by atoms with Crippen molar-refractivity contribution in [2.45, 2.75) is 12.8 Å². The predicted octanol–water partition coefficient (Wildman–Crippen LogP) is 6.41. The molecule has 6 heteroatoms. The summed E-state index contributed by atoms with van der Waals surface area (Å²) >= 11 is 5.52. The molecule has 0 saturated heterocycles. The fourth-order valence-corrected chi connectivity index (χ4v) is 4.52. The van der Waals surface area contributed by atoms with Crippen LogP contribution < -0.4 is 16.3 Å². The van der Waals surface area contributed by atoms with Crippen LogP contribution in [0.2, 0.25) is 0 Å². The molecule has 0 atom stereocenters. The number of fused-ring (bicyclic) bond motifs is 1. The summed E-state index contributed by atoms with van der Waals surface area (Å²) in [5, 5.41) is 6.99. The minimum atomic E-state index is -0.517. The lowest BCUT2D eigenvalue weighted by Gasteiger charge is -2.19. The average Bonchev–Trinajstić information content (AvgIpc) is 2.91. The predicted molar refractivity (Wildman–Crippen MR) is 152 cm³/mol. The molecule has 0 saturated carbocycles. The first-order chi connectivity index (χ1) is 18.0. The zero-order chi connectivity index (χ0) is 25.8. The van der Waals surface area contributed by atoms with E-state index >= 15 is 0 Å². The minimum absolute atomic E-state index is 0.174. The van der Waals surface area contributed by atoms with Gasteiger partial charge < -0.3 is 15.1 Å². The quantitative estimate of drug-likeness (QED) is 0.214. The largest absolute Gasteiger partial charge is 0.422 e. The number of carbonyl (C=O) groups excluding carboxylic acids is 1. The summed E-state index contributed by atoms with van der Waals surface area (Å²) in [6, 6.07) is 34.0. The molecule has 5 aromatic rings. The van der Waals surface area contributed by atoms with Gasteiger partial charge in [-0.05, 0) is 59.6 Å². The van der Waals surface area contributed by atoms with E-state index in [0.717, 1.165) is 22.1 Å². The Kier molecular flexibility index (Phi) is 6.92. The lowest BCUT2D eigenvalue weighted by atomic mass is 9.90. The van der Waals surface area contributed by atoms with Crippen LogP contribution in [0.5, 0.6) is 0 Å². The van der Waals surface area contributed by atoms with Crippen LogP contribution in [0.4, 0.5) is 5.69 Å². The smallest absolute Gasteiger partial charge is 0.344 e. The van der Waals surface area contributed by atoms with Gasteiger partial charge in [-0.3, -0.25) is 4.79 Å².